The lowest BCUT2D eigenvalue weighted by molar-refractivity contribution is -0.410. The first-order chi connectivity index (χ1) is 14.6. The number of nitrogens with zero attached hydrogens (tertiary/aromatic N) is 2. The SMILES string of the molecule is CCCCc1ccc(C(=O)CSc2[nH+]c(N)c(C#N)c(-c3cccs3)c2C#N)cc1. The fourth-order valence-electron chi connectivity index (χ4n) is 3.08. The number of Topliss-reactive ketones (excluding diaryl/α,β-unsaturated/α-hetero) is 1. The minimum atomic E-state index is -0.0278. The molecule has 0 saturated carbocycles. The van der Waals surface area contributed by atoms with E-state index in [2.05, 4.69) is 24.0 Å². The number of aryl methyl sites for hydroxylation is 1. The molecule has 0 spiro atoms. The zero-order valence-electron chi connectivity index (χ0n) is 16.6. The second kappa shape index (κ2) is 10.1. The molecular formula is C23H21N4OS2+. The number of nitrogen functional groups attached to an aromatic ring is 1. The first-order valence-corrected chi connectivity index (χ1v) is 11.4. The number of rotatable bonds is 8. The Kier molecular flexibility index (Phi) is 7.24. The van der Waals surface area contributed by atoms with E-state index in [-0.39, 0.29) is 22.9 Å². The van der Waals surface area contributed by atoms with Gasteiger partial charge in [-0.15, -0.1) is 11.3 Å². The van der Waals surface area contributed by atoms with Gasteiger partial charge in [0.25, 0.3) is 5.82 Å². The minimum Gasteiger partial charge on any atom is -0.293 e. The van der Waals surface area contributed by atoms with Crippen molar-refractivity contribution < 1.29 is 9.78 Å². The van der Waals surface area contributed by atoms with Gasteiger partial charge in [-0.2, -0.15) is 10.5 Å². The smallest absolute Gasteiger partial charge is 0.289 e. The number of pyridine rings is 1. The summed E-state index contributed by atoms with van der Waals surface area (Å²) >= 11 is 2.66. The summed E-state index contributed by atoms with van der Waals surface area (Å²) in [5.41, 5.74) is 9.01. The average molecular weight is 434 g/mol. The number of hydrogen-bond donors (Lipinski definition) is 1. The highest BCUT2D eigenvalue weighted by molar-refractivity contribution is 7.99. The lowest BCUT2D eigenvalue weighted by atomic mass is 10.0. The van der Waals surface area contributed by atoms with Gasteiger partial charge in [-0.05, 0) is 29.9 Å². The quantitative estimate of drug-likeness (QED) is 0.403. The highest BCUT2D eigenvalue weighted by atomic mass is 32.2. The molecule has 1 aromatic carbocycles. The number of carbonyl (C=O) groups is 1. The number of aromatic amines is 1. The first-order valence-electron chi connectivity index (χ1n) is 9.56. The van der Waals surface area contributed by atoms with Crippen LogP contribution in [0.4, 0.5) is 5.82 Å². The molecule has 0 bridgehead atoms. The zero-order valence-corrected chi connectivity index (χ0v) is 18.2. The lowest BCUT2D eigenvalue weighted by Gasteiger charge is -2.08. The van der Waals surface area contributed by atoms with Crippen molar-refractivity contribution >= 4 is 34.7 Å². The maximum absolute atomic E-state index is 12.7. The fraction of sp³-hybridized carbons (Fsp3) is 0.217. The van der Waals surface area contributed by atoms with E-state index in [0.29, 0.717) is 21.7 Å². The Bertz CT molecular complexity index is 1120. The molecule has 0 unspecified atom stereocenters. The summed E-state index contributed by atoms with van der Waals surface area (Å²) in [7, 11) is 0. The lowest BCUT2D eigenvalue weighted by Crippen LogP contribution is -2.19. The van der Waals surface area contributed by atoms with Crippen LogP contribution in [0.15, 0.2) is 46.8 Å². The number of anilines is 1. The molecule has 0 aliphatic carbocycles. The largest absolute Gasteiger partial charge is 0.293 e. The zero-order chi connectivity index (χ0) is 21.5. The molecule has 3 N–H and O–H groups in total. The summed E-state index contributed by atoms with van der Waals surface area (Å²) in [6.07, 6.45) is 3.27. The third kappa shape index (κ3) is 4.71. The van der Waals surface area contributed by atoms with E-state index in [1.165, 1.54) is 28.7 Å². The van der Waals surface area contributed by atoms with Crippen molar-refractivity contribution in [3.8, 4) is 22.6 Å². The number of benzene rings is 1. The molecule has 30 heavy (non-hydrogen) atoms. The Morgan fingerprint density at radius 1 is 1.17 bits per heavy atom. The van der Waals surface area contributed by atoms with Crippen LogP contribution >= 0.6 is 23.1 Å². The van der Waals surface area contributed by atoms with Gasteiger partial charge in [0.2, 0.25) is 0 Å². The molecule has 0 amide bonds. The Morgan fingerprint density at radius 2 is 1.90 bits per heavy atom. The Morgan fingerprint density at radius 3 is 2.50 bits per heavy atom. The summed E-state index contributed by atoms with van der Waals surface area (Å²) in [6.45, 7) is 2.15. The number of carbonyl (C=O) groups excluding carboxylic acids is 1. The second-order valence-corrected chi connectivity index (χ2v) is 8.64. The van der Waals surface area contributed by atoms with Crippen molar-refractivity contribution in [1.82, 2.24) is 0 Å². The number of thioether (sulfide) groups is 1. The van der Waals surface area contributed by atoms with Crippen LogP contribution in [-0.4, -0.2) is 11.5 Å². The predicted molar refractivity (Wildman–Crippen MR) is 120 cm³/mol. The third-order valence-electron chi connectivity index (χ3n) is 4.68. The molecule has 3 aromatic rings. The van der Waals surface area contributed by atoms with E-state index in [0.717, 1.165) is 24.1 Å². The molecule has 0 aliphatic heterocycles. The van der Waals surface area contributed by atoms with Crippen molar-refractivity contribution in [2.24, 2.45) is 0 Å². The number of hydrogen-bond acceptors (Lipinski definition) is 6. The van der Waals surface area contributed by atoms with Gasteiger partial charge in [0, 0.05) is 16.0 Å². The number of unbranched alkanes of at least 4 members (excludes halogenated alkanes) is 1. The number of ketones is 1. The molecule has 0 atom stereocenters. The van der Waals surface area contributed by atoms with E-state index in [1.807, 2.05) is 41.8 Å². The fourth-order valence-corrected chi connectivity index (χ4v) is 4.78. The molecule has 2 heterocycles. The van der Waals surface area contributed by atoms with Gasteiger partial charge in [-0.1, -0.05) is 55.4 Å². The molecule has 3 rings (SSSR count). The topological polar surface area (TPSA) is 105 Å². The van der Waals surface area contributed by atoms with Crippen molar-refractivity contribution in [2.75, 3.05) is 11.5 Å². The number of nitriles is 2. The number of nitrogens with two attached hydrogens (primary N) is 1. The molecule has 5 nitrogen and oxygen atoms in total. The summed E-state index contributed by atoms with van der Waals surface area (Å²) in [5, 5.41) is 21.7. The third-order valence-corrected chi connectivity index (χ3v) is 6.57. The van der Waals surface area contributed by atoms with Crippen LogP contribution in [0.5, 0.6) is 0 Å². The molecule has 7 heteroatoms. The van der Waals surface area contributed by atoms with Crippen LogP contribution in [0.3, 0.4) is 0 Å². The average Bonchev–Trinajstić information content (AvgIpc) is 3.30. The molecule has 0 aliphatic rings. The maximum atomic E-state index is 12.7. The minimum absolute atomic E-state index is 0.0278. The van der Waals surface area contributed by atoms with Crippen LogP contribution in [0.2, 0.25) is 0 Å². The van der Waals surface area contributed by atoms with E-state index >= 15 is 0 Å². The molecule has 0 fully saturated rings. The summed E-state index contributed by atoms with van der Waals surface area (Å²) in [6, 6.07) is 15.7. The van der Waals surface area contributed by atoms with Gasteiger partial charge in [0.05, 0.1) is 5.75 Å². The second-order valence-electron chi connectivity index (χ2n) is 6.71. The number of H-pyrrole nitrogens is 1. The predicted octanol–water partition coefficient (Wildman–Crippen LogP) is 4.87. The Labute approximate surface area is 184 Å². The van der Waals surface area contributed by atoms with Gasteiger partial charge in [-0.25, -0.2) is 4.98 Å². The first kappa shape index (κ1) is 21.6. The molecule has 2 aromatic heterocycles. The van der Waals surface area contributed by atoms with E-state index in [9.17, 15) is 15.3 Å². The van der Waals surface area contributed by atoms with Gasteiger partial charge in [0.1, 0.15) is 17.7 Å². The standard InChI is InChI=1S/C23H20N4OS2/c1-2-3-5-15-7-9-16(10-8-15)19(28)14-30-23-18(13-25)21(20-6-4-11-29-20)17(12-24)22(26)27-23/h4,6-11H,2-3,5,14H2,1H3,(H2,26,27)/p+1. The van der Waals surface area contributed by atoms with E-state index < -0.39 is 0 Å². The van der Waals surface area contributed by atoms with Crippen molar-refractivity contribution in [3.05, 3.63) is 64.0 Å². The summed E-state index contributed by atoms with van der Waals surface area (Å²) < 4.78 is 0. The number of thiophene rings is 1. The summed E-state index contributed by atoms with van der Waals surface area (Å²) in [5.74, 6) is 0.324. The van der Waals surface area contributed by atoms with Crippen molar-refractivity contribution in [2.45, 2.75) is 31.2 Å². The molecule has 0 saturated heterocycles. The van der Waals surface area contributed by atoms with Gasteiger partial charge in [-0.3, -0.25) is 10.5 Å². The van der Waals surface area contributed by atoms with Gasteiger partial charge in [0.15, 0.2) is 16.4 Å². The highest BCUT2D eigenvalue weighted by Crippen LogP contribution is 2.36. The molecular weight excluding hydrogens is 412 g/mol. The molecule has 0 radical (unpaired) electrons. The van der Waals surface area contributed by atoms with Gasteiger partial charge < -0.3 is 0 Å². The molecule has 150 valence electrons. The van der Waals surface area contributed by atoms with Crippen LogP contribution in [0.25, 0.3) is 10.4 Å². The van der Waals surface area contributed by atoms with E-state index in [4.69, 9.17) is 5.73 Å². The van der Waals surface area contributed by atoms with Crippen LogP contribution in [0.1, 0.15) is 46.8 Å². The maximum Gasteiger partial charge on any atom is 0.289 e. The Hall–Kier alpha value is -3.13. The van der Waals surface area contributed by atoms with Crippen molar-refractivity contribution in [3.63, 3.8) is 0 Å². The van der Waals surface area contributed by atoms with Gasteiger partial charge >= 0.3 is 0 Å². The number of nitrogens with one attached hydrogen (secondary N) is 1. The van der Waals surface area contributed by atoms with E-state index in [1.54, 1.807) is 0 Å². The van der Waals surface area contributed by atoms with Crippen LogP contribution in [-0.2, 0) is 6.42 Å². The summed E-state index contributed by atoms with van der Waals surface area (Å²) in [4.78, 5) is 16.4. The normalized spacial score (nSPS) is 10.4. The Balaban J connectivity index is 1.84. The number of aromatic nitrogens is 1. The highest BCUT2D eigenvalue weighted by Gasteiger charge is 2.25. The van der Waals surface area contributed by atoms with Crippen LogP contribution in [0, 0.1) is 22.7 Å². The van der Waals surface area contributed by atoms with Crippen molar-refractivity contribution in [1.29, 1.82) is 10.5 Å². The van der Waals surface area contributed by atoms with Crippen LogP contribution < -0.4 is 10.7 Å². The monoisotopic (exact) mass is 433 g/mol.